The smallest absolute Gasteiger partial charge is 0.338 e. The molecule has 2 bridgehead atoms. The van der Waals surface area contributed by atoms with Crippen molar-refractivity contribution in [2.75, 3.05) is 13.2 Å². The maximum Gasteiger partial charge on any atom is 0.338 e. The summed E-state index contributed by atoms with van der Waals surface area (Å²) in [7, 11) is 0. The molecule has 0 aliphatic carbocycles. The SMILES string of the molecule is CC1(C)OC[C@]2(C)CO[C@@H]1C(=O)O2. The minimum Gasteiger partial charge on any atom is -0.452 e. The van der Waals surface area contributed by atoms with Crippen LogP contribution in [0.3, 0.4) is 0 Å². The van der Waals surface area contributed by atoms with Gasteiger partial charge in [0.1, 0.15) is 0 Å². The highest BCUT2D eigenvalue weighted by Gasteiger charge is 2.51. The predicted molar refractivity (Wildman–Crippen MR) is 44.3 cm³/mol. The lowest BCUT2D eigenvalue weighted by Gasteiger charge is -2.33. The highest BCUT2D eigenvalue weighted by atomic mass is 16.7. The summed E-state index contributed by atoms with van der Waals surface area (Å²) in [6.45, 7) is 6.34. The van der Waals surface area contributed by atoms with Crippen LogP contribution in [0.4, 0.5) is 0 Å². The van der Waals surface area contributed by atoms with Crippen molar-refractivity contribution < 1.29 is 19.0 Å². The van der Waals surface area contributed by atoms with Crippen molar-refractivity contribution in [3.8, 4) is 0 Å². The average Bonchev–Trinajstić information content (AvgIpc) is 2.14. The number of carbonyl (C=O) groups excluding carboxylic acids is 1. The Kier molecular flexibility index (Phi) is 1.69. The fourth-order valence-corrected chi connectivity index (χ4v) is 1.62. The molecule has 3 aliphatic rings. The van der Waals surface area contributed by atoms with Gasteiger partial charge in [0.2, 0.25) is 0 Å². The van der Waals surface area contributed by atoms with Crippen LogP contribution in [0.2, 0.25) is 0 Å². The second-order valence-corrected chi connectivity index (χ2v) is 4.45. The summed E-state index contributed by atoms with van der Waals surface area (Å²) in [4.78, 5) is 11.5. The van der Waals surface area contributed by atoms with E-state index in [9.17, 15) is 4.79 Å². The zero-order valence-corrected chi connectivity index (χ0v) is 8.12. The molecule has 3 fully saturated rings. The van der Waals surface area contributed by atoms with E-state index in [1.165, 1.54) is 0 Å². The zero-order valence-electron chi connectivity index (χ0n) is 8.12. The van der Waals surface area contributed by atoms with Crippen molar-refractivity contribution in [2.24, 2.45) is 0 Å². The fourth-order valence-electron chi connectivity index (χ4n) is 1.62. The van der Waals surface area contributed by atoms with Gasteiger partial charge in [-0.25, -0.2) is 4.79 Å². The molecule has 3 aliphatic heterocycles. The summed E-state index contributed by atoms with van der Waals surface area (Å²) >= 11 is 0. The Balaban J connectivity index is 2.33. The number of fused-ring (bicyclic) bond motifs is 4. The molecule has 0 aromatic rings. The fraction of sp³-hybridized carbons (Fsp3) is 0.889. The number of rotatable bonds is 0. The van der Waals surface area contributed by atoms with Crippen LogP contribution in [0, 0.1) is 0 Å². The number of carbonyl (C=O) groups is 1. The monoisotopic (exact) mass is 186 g/mol. The van der Waals surface area contributed by atoms with Gasteiger partial charge in [-0.1, -0.05) is 0 Å². The van der Waals surface area contributed by atoms with E-state index in [1.807, 2.05) is 20.8 Å². The molecule has 0 radical (unpaired) electrons. The topological polar surface area (TPSA) is 44.8 Å². The van der Waals surface area contributed by atoms with Gasteiger partial charge in [-0.05, 0) is 20.8 Å². The Morgan fingerprint density at radius 1 is 1.31 bits per heavy atom. The average molecular weight is 186 g/mol. The van der Waals surface area contributed by atoms with Gasteiger partial charge < -0.3 is 14.2 Å². The Labute approximate surface area is 77.1 Å². The van der Waals surface area contributed by atoms with Gasteiger partial charge in [0.15, 0.2) is 11.7 Å². The van der Waals surface area contributed by atoms with Gasteiger partial charge in [0, 0.05) is 0 Å². The number of hydrogen-bond acceptors (Lipinski definition) is 4. The van der Waals surface area contributed by atoms with Crippen LogP contribution >= 0.6 is 0 Å². The highest BCUT2D eigenvalue weighted by molar-refractivity contribution is 5.77. The number of hydrogen-bond donors (Lipinski definition) is 0. The number of ether oxygens (including phenoxy) is 3. The van der Waals surface area contributed by atoms with Gasteiger partial charge in [0.05, 0.1) is 18.8 Å². The van der Waals surface area contributed by atoms with Crippen LogP contribution < -0.4 is 0 Å². The highest BCUT2D eigenvalue weighted by Crippen LogP contribution is 2.33. The first-order valence-electron chi connectivity index (χ1n) is 4.41. The minimum absolute atomic E-state index is 0.309. The van der Waals surface area contributed by atoms with Gasteiger partial charge in [-0.3, -0.25) is 0 Å². The zero-order chi connectivity index (χ0) is 9.69. The molecule has 3 heterocycles. The van der Waals surface area contributed by atoms with E-state index < -0.39 is 17.3 Å². The van der Waals surface area contributed by atoms with Crippen molar-refractivity contribution in [1.82, 2.24) is 0 Å². The molecular formula is C9H14O4. The molecule has 3 saturated heterocycles. The lowest BCUT2D eigenvalue weighted by atomic mass is 10.0. The second kappa shape index (κ2) is 2.45. The number of esters is 1. The van der Waals surface area contributed by atoms with E-state index in [2.05, 4.69) is 0 Å². The molecule has 0 aromatic heterocycles. The molecule has 0 saturated carbocycles. The van der Waals surface area contributed by atoms with Crippen LogP contribution in [0.1, 0.15) is 20.8 Å². The summed E-state index contributed by atoms with van der Waals surface area (Å²) < 4.78 is 16.3. The molecular weight excluding hydrogens is 172 g/mol. The third-order valence-electron chi connectivity index (χ3n) is 2.50. The third kappa shape index (κ3) is 1.34. The van der Waals surface area contributed by atoms with Crippen LogP contribution in [0.25, 0.3) is 0 Å². The molecule has 0 amide bonds. The predicted octanol–water partition coefficient (Wildman–Crippen LogP) is 0.496. The Bertz CT molecular complexity index is 248. The van der Waals surface area contributed by atoms with Gasteiger partial charge in [0.25, 0.3) is 0 Å². The molecule has 0 aromatic carbocycles. The van der Waals surface area contributed by atoms with Crippen molar-refractivity contribution >= 4 is 5.97 Å². The maximum absolute atomic E-state index is 11.5. The van der Waals surface area contributed by atoms with Crippen molar-refractivity contribution in [2.45, 2.75) is 38.1 Å². The first-order valence-corrected chi connectivity index (χ1v) is 4.41. The molecule has 0 spiro atoms. The lowest BCUT2D eigenvalue weighted by molar-refractivity contribution is -0.198. The molecule has 0 unspecified atom stereocenters. The summed E-state index contributed by atoms with van der Waals surface area (Å²) in [6, 6.07) is 0. The van der Waals surface area contributed by atoms with E-state index >= 15 is 0 Å². The van der Waals surface area contributed by atoms with Crippen molar-refractivity contribution in [3.05, 3.63) is 0 Å². The maximum atomic E-state index is 11.5. The van der Waals surface area contributed by atoms with Crippen LogP contribution in [-0.4, -0.2) is 36.5 Å². The Hall–Kier alpha value is -0.610. The molecule has 3 rings (SSSR count). The molecule has 4 heteroatoms. The molecule has 4 nitrogen and oxygen atoms in total. The molecule has 2 atom stereocenters. The van der Waals surface area contributed by atoms with Gasteiger partial charge in [-0.15, -0.1) is 0 Å². The quantitative estimate of drug-likeness (QED) is 0.517. The van der Waals surface area contributed by atoms with Crippen molar-refractivity contribution in [1.29, 1.82) is 0 Å². The summed E-state index contributed by atoms with van der Waals surface area (Å²) in [5, 5.41) is 0. The van der Waals surface area contributed by atoms with Crippen LogP contribution in [0.5, 0.6) is 0 Å². The van der Waals surface area contributed by atoms with E-state index in [1.54, 1.807) is 0 Å². The molecule has 13 heavy (non-hydrogen) atoms. The normalized spacial score (nSPS) is 42.7. The van der Waals surface area contributed by atoms with E-state index in [0.29, 0.717) is 13.2 Å². The lowest BCUT2D eigenvalue weighted by Crippen LogP contribution is -2.51. The molecule has 0 N–H and O–H groups in total. The van der Waals surface area contributed by atoms with Crippen molar-refractivity contribution in [3.63, 3.8) is 0 Å². The van der Waals surface area contributed by atoms with E-state index in [0.717, 1.165) is 0 Å². The first kappa shape index (κ1) is 8.97. The van der Waals surface area contributed by atoms with Crippen LogP contribution in [0.15, 0.2) is 0 Å². The van der Waals surface area contributed by atoms with Gasteiger partial charge in [-0.2, -0.15) is 0 Å². The van der Waals surface area contributed by atoms with Crippen LogP contribution in [-0.2, 0) is 19.0 Å². The van der Waals surface area contributed by atoms with E-state index in [4.69, 9.17) is 14.2 Å². The van der Waals surface area contributed by atoms with Gasteiger partial charge >= 0.3 is 5.97 Å². The summed E-state index contributed by atoms with van der Waals surface area (Å²) in [6.07, 6.45) is -0.580. The summed E-state index contributed by atoms with van der Waals surface area (Å²) in [5.41, 5.74) is -1.17. The first-order chi connectivity index (χ1) is 5.93. The van der Waals surface area contributed by atoms with E-state index in [-0.39, 0.29) is 5.97 Å². The molecule has 74 valence electrons. The second-order valence-electron chi connectivity index (χ2n) is 4.45. The standard InChI is InChI=1S/C9H14O4/c1-8(2)6-7(10)13-9(3,4-11-6)5-12-8/h6H,4-5H2,1-3H3/t6-,9+/m1/s1. The Morgan fingerprint density at radius 2 is 2.00 bits per heavy atom. The Morgan fingerprint density at radius 3 is 2.62 bits per heavy atom. The third-order valence-corrected chi connectivity index (χ3v) is 2.50. The minimum atomic E-state index is -0.596. The summed E-state index contributed by atoms with van der Waals surface area (Å²) in [5.74, 6) is -0.309. The largest absolute Gasteiger partial charge is 0.452 e.